The second-order valence-corrected chi connectivity index (χ2v) is 3.29. The van der Waals surface area contributed by atoms with E-state index in [4.69, 9.17) is 0 Å². The monoisotopic (exact) mass is 159 g/mol. The van der Waals surface area contributed by atoms with Crippen molar-refractivity contribution in [1.29, 1.82) is 0 Å². The Hall–Kier alpha value is -1.24. The van der Waals surface area contributed by atoms with Crippen LogP contribution in [0.2, 0.25) is 0 Å². The maximum atomic E-state index is 3.79. The molecule has 0 aliphatic heterocycles. The van der Waals surface area contributed by atoms with Crippen LogP contribution in [0, 0.1) is 6.92 Å². The van der Waals surface area contributed by atoms with Crippen molar-refractivity contribution in [2.45, 2.75) is 19.8 Å². The predicted molar refractivity (Wildman–Crippen MR) is 52.0 cm³/mol. The summed E-state index contributed by atoms with van der Waals surface area (Å²) in [6.07, 6.45) is 8.51. The van der Waals surface area contributed by atoms with Crippen LogP contribution in [0.15, 0.2) is 24.4 Å². The van der Waals surface area contributed by atoms with Crippen molar-refractivity contribution in [2.75, 3.05) is 0 Å². The maximum Gasteiger partial charge on any atom is 0.0226 e. The van der Waals surface area contributed by atoms with Crippen LogP contribution in [0.4, 0.5) is 0 Å². The van der Waals surface area contributed by atoms with E-state index in [1.54, 1.807) is 0 Å². The van der Waals surface area contributed by atoms with Crippen molar-refractivity contribution >= 4 is 6.08 Å². The summed E-state index contributed by atoms with van der Waals surface area (Å²) in [6, 6.07) is 0. The normalized spacial score (nSPS) is 15.2. The molecule has 1 heteroatoms. The maximum absolute atomic E-state index is 3.79. The number of rotatable bonds is 1. The molecule has 0 saturated heterocycles. The van der Waals surface area contributed by atoms with Crippen molar-refractivity contribution < 1.29 is 0 Å². The molecule has 0 atom stereocenters. The Balaban J connectivity index is 2.51. The molecule has 1 aliphatic rings. The first-order valence-electron chi connectivity index (χ1n) is 4.31. The molecular weight excluding hydrogens is 146 g/mol. The molecule has 1 aromatic heterocycles. The van der Waals surface area contributed by atoms with E-state index in [0.717, 1.165) is 12.8 Å². The summed E-state index contributed by atoms with van der Waals surface area (Å²) in [4.78, 5) is 3.29. The fourth-order valence-corrected chi connectivity index (χ4v) is 1.68. The van der Waals surface area contributed by atoms with Crippen LogP contribution in [0.5, 0.6) is 0 Å². The molecular formula is C11H13N. The van der Waals surface area contributed by atoms with E-state index in [9.17, 15) is 0 Å². The van der Waals surface area contributed by atoms with Crippen LogP contribution >= 0.6 is 0 Å². The molecule has 0 spiro atoms. The summed E-state index contributed by atoms with van der Waals surface area (Å²) < 4.78 is 0. The largest absolute Gasteiger partial charge is 0.364 e. The van der Waals surface area contributed by atoms with Gasteiger partial charge in [0.2, 0.25) is 0 Å². The molecule has 0 amide bonds. The van der Waals surface area contributed by atoms with Gasteiger partial charge < -0.3 is 4.98 Å². The van der Waals surface area contributed by atoms with Crippen LogP contribution < -0.4 is 0 Å². The van der Waals surface area contributed by atoms with Crippen molar-refractivity contribution in [3.05, 3.63) is 41.2 Å². The van der Waals surface area contributed by atoms with E-state index in [1.165, 1.54) is 22.4 Å². The Morgan fingerprint density at radius 2 is 2.33 bits per heavy atom. The number of fused-ring (bicyclic) bond motifs is 1. The van der Waals surface area contributed by atoms with Crippen LogP contribution in [-0.4, -0.2) is 4.98 Å². The molecule has 12 heavy (non-hydrogen) atoms. The molecule has 1 aliphatic carbocycles. The summed E-state index contributed by atoms with van der Waals surface area (Å²) in [5.74, 6) is 0. The van der Waals surface area contributed by atoms with E-state index in [-0.39, 0.29) is 0 Å². The molecule has 0 bridgehead atoms. The second-order valence-electron chi connectivity index (χ2n) is 3.29. The first kappa shape index (κ1) is 7.41. The summed E-state index contributed by atoms with van der Waals surface area (Å²) in [6.45, 7) is 5.93. The van der Waals surface area contributed by atoms with Crippen LogP contribution in [0.1, 0.15) is 23.2 Å². The third kappa shape index (κ3) is 1.02. The molecule has 2 rings (SSSR count). The van der Waals surface area contributed by atoms with Gasteiger partial charge in [0.15, 0.2) is 0 Å². The van der Waals surface area contributed by atoms with Gasteiger partial charge in [-0.1, -0.05) is 12.7 Å². The van der Waals surface area contributed by atoms with Gasteiger partial charge in [-0.25, -0.2) is 0 Å². The number of hydrogen-bond acceptors (Lipinski definition) is 0. The van der Waals surface area contributed by atoms with Gasteiger partial charge in [-0.15, -0.1) is 0 Å². The number of nitrogens with one attached hydrogen (secondary N) is 1. The fourth-order valence-electron chi connectivity index (χ4n) is 1.68. The van der Waals surface area contributed by atoms with E-state index >= 15 is 0 Å². The van der Waals surface area contributed by atoms with Gasteiger partial charge in [-0.05, 0) is 42.5 Å². The summed E-state index contributed by atoms with van der Waals surface area (Å²) in [5, 5.41) is 0. The molecule has 0 fully saturated rings. The number of aromatic nitrogens is 1. The lowest BCUT2D eigenvalue weighted by molar-refractivity contribution is 0.917. The SMILES string of the molecule is C=CC1=Cc2c(C)c[nH]c2CC1. The highest BCUT2D eigenvalue weighted by Gasteiger charge is 2.11. The smallest absolute Gasteiger partial charge is 0.0226 e. The summed E-state index contributed by atoms with van der Waals surface area (Å²) in [5.41, 5.74) is 5.43. The van der Waals surface area contributed by atoms with Crippen molar-refractivity contribution in [3.8, 4) is 0 Å². The van der Waals surface area contributed by atoms with Gasteiger partial charge in [-0.2, -0.15) is 0 Å². The zero-order valence-corrected chi connectivity index (χ0v) is 7.35. The number of H-pyrrole nitrogens is 1. The minimum absolute atomic E-state index is 1.12. The fraction of sp³-hybridized carbons (Fsp3) is 0.273. The van der Waals surface area contributed by atoms with Crippen molar-refractivity contribution in [1.82, 2.24) is 4.98 Å². The average Bonchev–Trinajstić information content (AvgIpc) is 2.47. The molecule has 1 heterocycles. The number of hydrogen-bond donors (Lipinski definition) is 1. The lowest BCUT2D eigenvalue weighted by Gasteiger charge is -2.10. The molecule has 62 valence electrons. The summed E-state index contributed by atoms with van der Waals surface area (Å²) >= 11 is 0. The highest BCUT2D eigenvalue weighted by molar-refractivity contribution is 5.63. The lowest BCUT2D eigenvalue weighted by atomic mass is 9.96. The summed E-state index contributed by atoms with van der Waals surface area (Å²) in [7, 11) is 0. The van der Waals surface area contributed by atoms with Gasteiger partial charge >= 0.3 is 0 Å². The zero-order chi connectivity index (χ0) is 8.55. The van der Waals surface area contributed by atoms with Crippen molar-refractivity contribution in [2.24, 2.45) is 0 Å². The highest BCUT2D eigenvalue weighted by atomic mass is 14.7. The Bertz CT molecular complexity index is 342. The molecule has 0 saturated carbocycles. The average molecular weight is 159 g/mol. The molecule has 1 N–H and O–H groups in total. The van der Waals surface area contributed by atoms with Gasteiger partial charge in [0.05, 0.1) is 0 Å². The van der Waals surface area contributed by atoms with Gasteiger partial charge in [0, 0.05) is 11.9 Å². The van der Waals surface area contributed by atoms with E-state index in [0.29, 0.717) is 0 Å². The van der Waals surface area contributed by atoms with Gasteiger partial charge in [0.25, 0.3) is 0 Å². The van der Waals surface area contributed by atoms with E-state index in [2.05, 4.69) is 30.8 Å². The minimum Gasteiger partial charge on any atom is -0.364 e. The predicted octanol–water partition coefficient (Wildman–Crippen LogP) is 2.84. The minimum atomic E-state index is 1.12. The third-order valence-electron chi connectivity index (χ3n) is 2.47. The highest BCUT2D eigenvalue weighted by Crippen LogP contribution is 2.25. The molecule has 0 unspecified atom stereocenters. The van der Waals surface area contributed by atoms with E-state index in [1.807, 2.05) is 6.08 Å². The number of aromatic amines is 1. The topological polar surface area (TPSA) is 15.8 Å². The third-order valence-corrected chi connectivity index (χ3v) is 2.47. The van der Waals surface area contributed by atoms with Crippen LogP contribution in [-0.2, 0) is 6.42 Å². The lowest BCUT2D eigenvalue weighted by Crippen LogP contribution is -1.96. The quantitative estimate of drug-likeness (QED) is 0.648. The Kier molecular flexibility index (Phi) is 1.65. The standard InChI is InChI=1S/C11H13N/c1-3-9-4-5-11-10(6-9)8(2)7-12-11/h3,6-7,12H,1,4-5H2,2H3. The Morgan fingerprint density at radius 1 is 1.50 bits per heavy atom. The number of allylic oxidation sites excluding steroid dienone is 2. The van der Waals surface area contributed by atoms with Crippen LogP contribution in [0.25, 0.3) is 6.08 Å². The molecule has 0 radical (unpaired) electrons. The Labute approximate surface area is 72.8 Å². The second kappa shape index (κ2) is 2.67. The molecule has 0 aromatic carbocycles. The zero-order valence-electron chi connectivity index (χ0n) is 7.35. The van der Waals surface area contributed by atoms with Crippen LogP contribution in [0.3, 0.4) is 0 Å². The van der Waals surface area contributed by atoms with Crippen molar-refractivity contribution in [3.63, 3.8) is 0 Å². The molecule has 1 aromatic rings. The first-order chi connectivity index (χ1) is 5.81. The van der Waals surface area contributed by atoms with Gasteiger partial charge in [0.1, 0.15) is 0 Å². The Morgan fingerprint density at radius 3 is 3.08 bits per heavy atom. The van der Waals surface area contributed by atoms with Gasteiger partial charge in [-0.3, -0.25) is 0 Å². The molecule has 1 nitrogen and oxygen atoms in total. The first-order valence-corrected chi connectivity index (χ1v) is 4.31. The van der Waals surface area contributed by atoms with E-state index < -0.39 is 0 Å². The number of aryl methyl sites for hydroxylation is 2.